The summed E-state index contributed by atoms with van der Waals surface area (Å²) in [6, 6.07) is 20.4. The Morgan fingerprint density at radius 1 is 1.10 bits per heavy atom. The number of benzene rings is 2. The fraction of sp³-hybridized carbons (Fsp3) is 0.208. The molecule has 30 heavy (non-hydrogen) atoms. The van der Waals surface area contributed by atoms with Gasteiger partial charge >= 0.3 is 0 Å². The molecule has 0 spiro atoms. The minimum Gasteiger partial charge on any atom is -0.361 e. The fourth-order valence-corrected chi connectivity index (χ4v) is 4.23. The van der Waals surface area contributed by atoms with Crippen molar-refractivity contribution < 1.29 is 4.79 Å². The van der Waals surface area contributed by atoms with Crippen molar-refractivity contribution in [3.05, 3.63) is 83.7 Å². The first-order valence-corrected chi connectivity index (χ1v) is 10.2. The van der Waals surface area contributed by atoms with Gasteiger partial charge in [-0.3, -0.25) is 4.79 Å². The highest BCUT2D eigenvalue weighted by molar-refractivity contribution is 5.92. The third-order valence-electron chi connectivity index (χ3n) is 5.69. The van der Waals surface area contributed by atoms with Gasteiger partial charge < -0.3 is 15.2 Å². The van der Waals surface area contributed by atoms with Gasteiger partial charge in [0, 0.05) is 35.4 Å². The molecule has 2 N–H and O–H groups in total. The van der Waals surface area contributed by atoms with Crippen molar-refractivity contribution in [1.82, 2.24) is 20.5 Å². The second-order valence-corrected chi connectivity index (χ2v) is 7.69. The Hall–Kier alpha value is -3.67. The Morgan fingerprint density at radius 2 is 1.93 bits per heavy atom. The first kappa shape index (κ1) is 18.4. The quantitative estimate of drug-likeness (QED) is 0.534. The molecular formula is C24H23N5O. The van der Waals surface area contributed by atoms with Crippen LogP contribution >= 0.6 is 0 Å². The van der Waals surface area contributed by atoms with Crippen molar-refractivity contribution in [2.45, 2.75) is 25.8 Å². The highest BCUT2D eigenvalue weighted by Gasteiger charge is 2.28. The zero-order valence-electron chi connectivity index (χ0n) is 16.8. The summed E-state index contributed by atoms with van der Waals surface area (Å²) in [6.45, 7) is 2.72. The van der Waals surface area contributed by atoms with Gasteiger partial charge in [0.05, 0.1) is 0 Å². The van der Waals surface area contributed by atoms with Crippen LogP contribution < -0.4 is 10.2 Å². The number of hydrogen-bond acceptors (Lipinski definition) is 4. The van der Waals surface area contributed by atoms with Gasteiger partial charge in [0.2, 0.25) is 0 Å². The monoisotopic (exact) mass is 397 g/mol. The minimum atomic E-state index is -0.205. The zero-order valence-corrected chi connectivity index (χ0v) is 16.8. The molecule has 0 saturated carbocycles. The number of amides is 1. The standard InChI is InChI=1S/C24H23N5O/c1-16-14-17-6-2-5-9-22(17)29(16)23-11-10-21(27-28-23)24(30)25-13-12-18-15-26-20-8-4-3-7-19(18)20/h2-11,15-16,26H,12-14H2,1H3,(H,25,30). The van der Waals surface area contributed by atoms with Crippen LogP contribution in [0.4, 0.5) is 11.5 Å². The van der Waals surface area contributed by atoms with Gasteiger partial charge in [-0.15, -0.1) is 10.2 Å². The van der Waals surface area contributed by atoms with E-state index in [0.717, 1.165) is 29.9 Å². The normalized spacial score (nSPS) is 15.4. The first-order chi connectivity index (χ1) is 14.7. The highest BCUT2D eigenvalue weighted by Crippen LogP contribution is 2.36. The summed E-state index contributed by atoms with van der Waals surface area (Å²) in [7, 11) is 0. The molecule has 2 aromatic heterocycles. The molecule has 1 aliphatic rings. The number of rotatable bonds is 5. The Bertz CT molecular complexity index is 1200. The molecule has 6 nitrogen and oxygen atoms in total. The van der Waals surface area contributed by atoms with Crippen LogP contribution in [0.25, 0.3) is 10.9 Å². The molecule has 1 aliphatic heterocycles. The Morgan fingerprint density at radius 3 is 2.80 bits per heavy atom. The summed E-state index contributed by atoms with van der Waals surface area (Å²) in [5, 5.41) is 12.7. The number of nitrogens with one attached hydrogen (secondary N) is 2. The van der Waals surface area contributed by atoms with Crippen molar-refractivity contribution in [2.75, 3.05) is 11.4 Å². The van der Waals surface area contributed by atoms with Crippen LogP contribution in [0.5, 0.6) is 0 Å². The summed E-state index contributed by atoms with van der Waals surface area (Å²) in [5.41, 5.74) is 5.10. The Balaban J connectivity index is 1.24. The minimum absolute atomic E-state index is 0.205. The molecule has 0 aliphatic carbocycles. The van der Waals surface area contributed by atoms with Crippen molar-refractivity contribution in [2.24, 2.45) is 0 Å². The maximum atomic E-state index is 12.5. The Kier molecular flexibility index (Phi) is 4.67. The van der Waals surface area contributed by atoms with Crippen LogP contribution in [0.2, 0.25) is 0 Å². The third-order valence-corrected chi connectivity index (χ3v) is 5.69. The van der Waals surface area contributed by atoms with Crippen LogP contribution in [-0.2, 0) is 12.8 Å². The molecule has 1 atom stereocenters. The van der Waals surface area contributed by atoms with E-state index in [1.54, 1.807) is 6.07 Å². The van der Waals surface area contributed by atoms with E-state index in [-0.39, 0.29) is 5.91 Å². The zero-order chi connectivity index (χ0) is 20.5. The molecule has 0 fully saturated rings. The van der Waals surface area contributed by atoms with Crippen LogP contribution in [0.3, 0.4) is 0 Å². The van der Waals surface area contributed by atoms with E-state index in [9.17, 15) is 4.79 Å². The topological polar surface area (TPSA) is 73.9 Å². The molecule has 6 heteroatoms. The van der Waals surface area contributed by atoms with E-state index < -0.39 is 0 Å². The average Bonchev–Trinajstić information content (AvgIpc) is 3.34. The van der Waals surface area contributed by atoms with Crippen LogP contribution in [-0.4, -0.2) is 33.7 Å². The predicted molar refractivity (Wildman–Crippen MR) is 118 cm³/mol. The smallest absolute Gasteiger partial charge is 0.271 e. The lowest BCUT2D eigenvalue weighted by atomic mass is 10.1. The molecule has 150 valence electrons. The lowest BCUT2D eigenvalue weighted by Crippen LogP contribution is -2.28. The van der Waals surface area contributed by atoms with Crippen LogP contribution in [0.15, 0.2) is 66.9 Å². The lowest BCUT2D eigenvalue weighted by molar-refractivity contribution is 0.0948. The number of aromatic nitrogens is 3. The molecule has 1 amide bonds. The number of carbonyl (C=O) groups excluding carboxylic acids is 1. The first-order valence-electron chi connectivity index (χ1n) is 10.2. The summed E-state index contributed by atoms with van der Waals surface area (Å²) >= 11 is 0. The van der Waals surface area contributed by atoms with Crippen molar-refractivity contribution in [3.63, 3.8) is 0 Å². The van der Waals surface area contributed by atoms with Gasteiger partial charge in [-0.25, -0.2) is 0 Å². The number of nitrogens with zero attached hydrogens (tertiary/aromatic N) is 3. The van der Waals surface area contributed by atoms with Gasteiger partial charge in [-0.2, -0.15) is 0 Å². The number of carbonyl (C=O) groups is 1. The second-order valence-electron chi connectivity index (χ2n) is 7.69. The number of anilines is 2. The average molecular weight is 397 g/mol. The van der Waals surface area contributed by atoms with Gasteiger partial charge in [0.25, 0.3) is 5.91 Å². The molecule has 0 saturated heterocycles. The van der Waals surface area contributed by atoms with E-state index >= 15 is 0 Å². The van der Waals surface area contributed by atoms with Crippen molar-refractivity contribution in [3.8, 4) is 0 Å². The maximum absolute atomic E-state index is 12.5. The van der Waals surface area contributed by atoms with Crippen molar-refractivity contribution in [1.29, 1.82) is 0 Å². The molecular weight excluding hydrogens is 374 g/mol. The van der Waals surface area contributed by atoms with E-state index in [2.05, 4.69) is 56.6 Å². The van der Waals surface area contributed by atoms with Gasteiger partial charge in [-0.05, 0) is 55.2 Å². The summed E-state index contributed by atoms with van der Waals surface area (Å²) in [4.78, 5) is 17.9. The van der Waals surface area contributed by atoms with Crippen molar-refractivity contribution >= 4 is 28.3 Å². The van der Waals surface area contributed by atoms with E-state index in [4.69, 9.17) is 0 Å². The van der Waals surface area contributed by atoms with E-state index in [1.165, 1.54) is 16.5 Å². The number of H-pyrrole nitrogens is 1. The SMILES string of the molecule is CC1Cc2ccccc2N1c1ccc(C(=O)NCCc2c[nH]c3ccccc23)nn1. The van der Waals surface area contributed by atoms with Crippen LogP contribution in [0, 0.1) is 0 Å². The maximum Gasteiger partial charge on any atom is 0.271 e. The molecule has 5 rings (SSSR count). The summed E-state index contributed by atoms with van der Waals surface area (Å²) < 4.78 is 0. The third kappa shape index (κ3) is 3.30. The lowest BCUT2D eigenvalue weighted by Gasteiger charge is -2.23. The highest BCUT2D eigenvalue weighted by atomic mass is 16.1. The van der Waals surface area contributed by atoms with Crippen LogP contribution in [0.1, 0.15) is 28.5 Å². The van der Waals surface area contributed by atoms with E-state index in [0.29, 0.717) is 18.3 Å². The largest absolute Gasteiger partial charge is 0.361 e. The van der Waals surface area contributed by atoms with E-state index in [1.807, 2.05) is 36.5 Å². The Labute approximate surface area is 174 Å². The summed E-state index contributed by atoms with van der Waals surface area (Å²) in [5.74, 6) is 0.562. The van der Waals surface area contributed by atoms with Gasteiger partial charge in [-0.1, -0.05) is 36.4 Å². The molecule has 0 radical (unpaired) electrons. The van der Waals surface area contributed by atoms with Gasteiger partial charge in [0.15, 0.2) is 11.5 Å². The van der Waals surface area contributed by atoms with Gasteiger partial charge in [0.1, 0.15) is 0 Å². The summed E-state index contributed by atoms with van der Waals surface area (Å²) in [6.07, 6.45) is 3.73. The molecule has 3 heterocycles. The molecule has 1 unspecified atom stereocenters. The second kappa shape index (κ2) is 7.63. The number of hydrogen-bond donors (Lipinski definition) is 2. The fourth-order valence-electron chi connectivity index (χ4n) is 4.23. The number of fused-ring (bicyclic) bond motifs is 2. The number of aromatic amines is 1. The molecule has 4 aromatic rings. The molecule has 2 aromatic carbocycles. The number of para-hydroxylation sites is 2. The molecule has 0 bridgehead atoms. The predicted octanol–water partition coefficient (Wildman–Crippen LogP) is 4.01.